The van der Waals surface area contributed by atoms with Crippen LogP contribution in [0, 0.1) is 0 Å². The Morgan fingerprint density at radius 3 is 2.48 bits per heavy atom. The zero-order chi connectivity index (χ0) is 18.4. The van der Waals surface area contributed by atoms with Gasteiger partial charge >= 0.3 is 12.1 Å². The number of ketones is 1. The number of benzene rings is 1. The van der Waals surface area contributed by atoms with Crippen molar-refractivity contribution in [3.05, 3.63) is 35.9 Å². The summed E-state index contributed by atoms with van der Waals surface area (Å²) in [6, 6.07) is 8.38. The fourth-order valence-electron chi connectivity index (χ4n) is 2.62. The Kier molecular flexibility index (Phi) is 6.17. The van der Waals surface area contributed by atoms with E-state index in [1.54, 1.807) is 20.8 Å². The molecule has 0 saturated heterocycles. The van der Waals surface area contributed by atoms with Gasteiger partial charge in [0.15, 0.2) is 11.9 Å². The molecule has 1 aromatic carbocycles. The number of alkyl carbamates (subject to hydrolysis) is 1. The molecule has 1 fully saturated rings. The SMILES string of the molecule is CC(C)(C)OC(=O)N[C@@H](Cc1ccccc1)C(=O)OC1CCCC1=O. The number of carbonyl (C=O) groups excluding carboxylic acids is 3. The van der Waals surface area contributed by atoms with Gasteiger partial charge in [0.05, 0.1) is 0 Å². The number of nitrogens with one attached hydrogen (secondary N) is 1. The summed E-state index contributed by atoms with van der Waals surface area (Å²) in [6.07, 6.45) is 0.560. The summed E-state index contributed by atoms with van der Waals surface area (Å²) in [5.74, 6) is -0.681. The first-order valence-electron chi connectivity index (χ1n) is 8.51. The van der Waals surface area contributed by atoms with Crippen molar-refractivity contribution < 1.29 is 23.9 Å². The van der Waals surface area contributed by atoms with E-state index in [-0.39, 0.29) is 12.2 Å². The van der Waals surface area contributed by atoms with Crippen LogP contribution < -0.4 is 5.32 Å². The Morgan fingerprint density at radius 2 is 1.92 bits per heavy atom. The molecule has 25 heavy (non-hydrogen) atoms. The molecule has 0 radical (unpaired) electrons. The highest BCUT2D eigenvalue weighted by Crippen LogP contribution is 2.19. The minimum atomic E-state index is -0.911. The summed E-state index contributed by atoms with van der Waals surface area (Å²) < 4.78 is 10.6. The molecule has 1 unspecified atom stereocenters. The van der Waals surface area contributed by atoms with Gasteiger partial charge in [0.2, 0.25) is 0 Å². The number of ether oxygens (including phenoxy) is 2. The van der Waals surface area contributed by atoms with Crippen LogP contribution in [0.5, 0.6) is 0 Å². The van der Waals surface area contributed by atoms with Crippen molar-refractivity contribution in [1.82, 2.24) is 5.32 Å². The molecule has 1 aliphatic carbocycles. The van der Waals surface area contributed by atoms with Gasteiger partial charge < -0.3 is 14.8 Å². The lowest BCUT2D eigenvalue weighted by Gasteiger charge is -2.23. The Bertz CT molecular complexity index is 620. The zero-order valence-electron chi connectivity index (χ0n) is 14.9. The number of Topliss-reactive ketones (excluding diaryl/α,β-unsaturated/α-hetero) is 1. The lowest BCUT2D eigenvalue weighted by atomic mass is 10.1. The van der Waals surface area contributed by atoms with Crippen molar-refractivity contribution in [3.8, 4) is 0 Å². The van der Waals surface area contributed by atoms with Crippen LogP contribution in [0.25, 0.3) is 0 Å². The van der Waals surface area contributed by atoms with Gasteiger partial charge in [-0.1, -0.05) is 30.3 Å². The van der Waals surface area contributed by atoms with Crippen LogP contribution in [0.15, 0.2) is 30.3 Å². The van der Waals surface area contributed by atoms with Crippen molar-refractivity contribution in [2.75, 3.05) is 0 Å². The normalized spacial score (nSPS) is 18.5. The lowest BCUT2D eigenvalue weighted by Crippen LogP contribution is -2.46. The average Bonchev–Trinajstić information content (AvgIpc) is 2.91. The van der Waals surface area contributed by atoms with E-state index in [0.717, 1.165) is 12.0 Å². The van der Waals surface area contributed by atoms with Gasteiger partial charge in [-0.15, -0.1) is 0 Å². The number of carbonyl (C=O) groups is 3. The minimum absolute atomic E-state index is 0.0657. The van der Waals surface area contributed by atoms with E-state index in [1.165, 1.54) is 0 Å². The first kappa shape index (κ1) is 19.0. The van der Waals surface area contributed by atoms with Crippen LogP contribution in [-0.4, -0.2) is 35.6 Å². The average molecular weight is 347 g/mol. The summed E-state index contributed by atoms with van der Waals surface area (Å²) in [6.45, 7) is 5.23. The van der Waals surface area contributed by atoms with E-state index >= 15 is 0 Å². The second kappa shape index (κ2) is 8.14. The van der Waals surface area contributed by atoms with Gasteiger partial charge in [-0.3, -0.25) is 4.79 Å². The largest absolute Gasteiger partial charge is 0.453 e. The highest BCUT2D eigenvalue weighted by Gasteiger charge is 2.32. The highest BCUT2D eigenvalue weighted by molar-refractivity contribution is 5.89. The molecule has 136 valence electrons. The Balaban J connectivity index is 2.06. The van der Waals surface area contributed by atoms with Gasteiger partial charge in [0.1, 0.15) is 11.6 Å². The highest BCUT2D eigenvalue weighted by atomic mass is 16.6. The second-order valence-corrected chi connectivity index (χ2v) is 7.17. The van der Waals surface area contributed by atoms with Gasteiger partial charge in [0, 0.05) is 12.8 Å². The van der Waals surface area contributed by atoms with Crippen LogP contribution in [0.2, 0.25) is 0 Å². The topological polar surface area (TPSA) is 81.7 Å². The fraction of sp³-hybridized carbons (Fsp3) is 0.526. The minimum Gasteiger partial charge on any atom is -0.453 e. The quantitative estimate of drug-likeness (QED) is 0.828. The third-order valence-electron chi connectivity index (χ3n) is 3.77. The van der Waals surface area contributed by atoms with Crippen molar-refractivity contribution in [2.45, 2.75) is 64.2 Å². The van der Waals surface area contributed by atoms with E-state index in [9.17, 15) is 14.4 Å². The molecule has 1 aromatic rings. The standard InChI is InChI=1S/C19H25NO5/c1-19(2,3)25-18(23)20-14(12-13-8-5-4-6-9-13)17(22)24-16-11-7-10-15(16)21/h4-6,8-9,14,16H,7,10-12H2,1-3H3,(H,20,23)/t14-,16?/m0/s1. The molecule has 0 spiro atoms. The van der Waals surface area contributed by atoms with E-state index in [4.69, 9.17) is 9.47 Å². The molecule has 2 atom stereocenters. The van der Waals surface area contributed by atoms with Gasteiger partial charge in [0.25, 0.3) is 0 Å². The molecular formula is C19H25NO5. The lowest BCUT2D eigenvalue weighted by molar-refractivity contribution is -0.155. The summed E-state index contributed by atoms with van der Waals surface area (Å²) in [5.41, 5.74) is 0.199. The van der Waals surface area contributed by atoms with Crippen LogP contribution in [-0.2, 0) is 25.5 Å². The van der Waals surface area contributed by atoms with Crippen LogP contribution in [0.1, 0.15) is 45.6 Å². The predicted molar refractivity (Wildman–Crippen MR) is 92.0 cm³/mol. The number of hydrogen-bond acceptors (Lipinski definition) is 5. The number of amides is 1. The molecule has 0 bridgehead atoms. The molecule has 6 nitrogen and oxygen atoms in total. The van der Waals surface area contributed by atoms with Crippen molar-refractivity contribution in [2.24, 2.45) is 0 Å². The maximum absolute atomic E-state index is 12.5. The van der Waals surface area contributed by atoms with Gasteiger partial charge in [-0.05, 0) is 39.2 Å². The van der Waals surface area contributed by atoms with Gasteiger partial charge in [-0.2, -0.15) is 0 Å². The third kappa shape index (κ3) is 6.21. The Hall–Kier alpha value is -2.37. The molecule has 1 N–H and O–H groups in total. The number of esters is 1. The van der Waals surface area contributed by atoms with E-state index in [0.29, 0.717) is 12.8 Å². The van der Waals surface area contributed by atoms with E-state index < -0.39 is 29.8 Å². The first-order chi connectivity index (χ1) is 11.7. The molecule has 1 aliphatic rings. The Labute approximate surface area is 147 Å². The predicted octanol–water partition coefficient (Wildman–Crippen LogP) is 2.79. The molecule has 6 heteroatoms. The maximum atomic E-state index is 12.5. The van der Waals surface area contributed by atoms with Crippen LogP contribution in [0.4, 0.5) is 4.79 Å². The van der Waals surface area contributed by atoms with Gasteiger partial charge in [-0.25, -0.2) is 9.59 Å². The van der Waals surface area contributed by atoms with Crippen LogP contribution >= 0.6 is 0 Å². The molecule has 0 aromatic heterocycles. The molecule has 2 rings (SSSR count). The fourth-order valence-corrected chi connectivity index (χ4v) is 2.62. The molecular weight excluding hydrogens is 322 g/mol. The summed E-state index contributed by atoms with van der Waals surface area (Å²) in [7, 11) is 0. The van der Waals surface area contributed by atoms with E-state index in [1.807, 2.05) is 30.3 Å². The third-order valence-corrected chi connectivity index (χ3v) is 3.77. The maximum Gasteiger partial charge on any atom is 0.408 e. The summed E-state index contributed by atoms with van der Waals surface area (Å²) in [5, 5.41) is 2.56. The molecule has 1 saturated carbocycles. The molecule has 1 amide bonds. The van der Waals surface area contributed by atoms with E-state index in [2.05, 4.69) is 5.32 Å². The van der Waals surface area contributed by atoms with Crippen molar-refractivity contribution in [1.29, 1.82) is 0 Å². The summed E-state index contributed by atoms with van der Waals surface area (Å²) in [4.78, 5) is 36.3. The first-order valence-corrected chi connectivity index (χ1v) is 8.51. The van der Waals surface area contributed by atoms with Crippen molar-refractivity contribution >= 4 is 17.8 Å². The zero-order valence-corrected chi connectivity index (χ0v) is 14.9. The van der Waals surface area contributed by atoms with Crippen molar-refractivity contribution in [3.63, 3.8) is 0 Å². The smallest absolute Gasteiger partial charge is 0.408 e. The summed E-state index contributed by atoms with van der Waals surface area (Å²) >= 11 is 0. The second-order valence-electron chi connectivity index (χ2n) is 7.17. The number of rotatable bonds is 5. The molecule has 0 heterocycles. The monoisotopic (exact) mass is 347 g/mol. The van der Waals surface area contributed by atoms with Crippen LogP contribution in [0.3, 0.4) is 0 Å². The molecule has 0 aliphatic heterocycles. The number of hydrogen-bond donors (Lipinski definition) is 1. The Morgan fingerprint density at radius 1 is 1.24 bits per heavy atom.